The predicted molar refractivity (Wildman–Crippen MR) is 113 cm³/mol. The van der Waals surface area contributed by atoms with E-state index >= 15 is 0 Å². The van der Waals surface area contributed by atoms with Crippen LogP contribution in [0.15, 0.2) is 36.4 Å². The van der Waals surface area contributed by atoms with Gasteiger partial charge in [0.05, 0.1) is 0 Å². The first kappa shape index (κ1) is 18.7. The Balaban J connectivity index is 1.42. The van der Waals surface area contributed by atoms with E-state index < -0.39 is 6.04 Å². The minimum absolute atomic E-state index is 0.121. The Bertz CT molecular complexity index is 1060. The van der Waals surface area contributed by atoms with Crippen LogP contribution < -0.4 is 16.0 Å². The molecule has 3 aliphatic heterocycles. The van der Waals surface area contributed by atoms with Gasteiger partial charge in [0.2, 0.25) is 11.8 Å². The highest BCUT2D eigenvalue weighted by atomic mass is 16.2. The Hall–Kier alpha value is -3.35. The first-order valence-corrected chi connectivity index (χ1v) is 10.4. The lowest BCUT2D eigenvalue weighted by Crippen LogP contribution is -2.52. The third-order valence-electron chi connectivity index (χ3n) is 6.32. The maximum absolute atomic E-state index is 13.3. The molecule has 1 unspecified atom stereocenters. The van der Waals surface area contributed by atoms with Gasteiger partial charge < -0.3 is 15.5 Å². The first-order chi connectivity index (χ1) is 14.5. The average molecular weight is 404 g/mol. The highest BCUT2D eigenvalue weighted by Crippen LogP contribution is 2.34. The molecule has 3 N–H and O–H groups in total. The quantitative estimate of drug-likeness (QED) is 0.603. The highest BCUT2D eigenvalue weighted by molar-refractivity contribution is 6.06. The number of imide groups is 1. The van der Waals surface area contributed by atoms with Gasteiger partial charge in [0.25, 0.3) is 5.91 Å². The van der Waals surface area contributed by atoms with Crippen LogP contribution in [0.4, 0.5) is 11.4 Å². The summed E-state index contributed by atoms with van der Waals surface area (Å²) in [5.41, 5.74) is 11.7. The summed E-state index contributed by atoms with van der Waals surface area (Å²) >= 11 is 0. The molecule has 7 heteroatoms. The minimum atomic E-state index is -0.589. The van der Waals surface area contributed by atoms with Crippen molar-refractivity contribution in [1.82, 2.24) is 10.2 Å². The van der Waals surface area contributed by atoms with E-state index in [2.05, 4.69) is 16.3 Å². The van der Waals surface area contributed by atoms with Crippen LogP contribution in [0.3, 0.4) is 0 Å². The second kappa shape index (κ2) is 7.16. The number of nitrogen functional groups attached to an aromatic ring is 1. The fraction of sp³-hybridized carbons (Fsp3) is 0.348. The average Bonchev–Trinajstić information content (AvgIpc) is 3.05. The molecule has 0 spiro atoms. The molecule has 0 aromatic heterocycles. The minimum Gasteiger partial charge on any atom is -0.399 e. The molecular formula is C23H24N4O3. The van der Waals surface area contributed by atoms with Gasteiger partial charge in [-0.05, 0) is 54.2 Å². The highest BCUT2D eigenvalue weighted by Gasteiger charge is 2.40. The van der Waals surface area contributed by atoms with E-state index in [0.717, 1.165) is 36.2 Å². The molecule has 5 rings (SSSR count). The summed E-state index contributed by atoms with van der Waals surface area (Å²) in [5.74, 6) is -0.772. The van der Waals surface area contributed by atoms with Crippen LogP contribution in [0.25, 0.3) is 0 Å². The Morgan fingerprint density at radius 2 is 1.93 bits per heavy atom. The van der Waals surface area contributed by atoms with E-state index in [9.17, 15) is 14.4 Å². The molecule has 3 heterocycles. The van der Waals surface area contributed by atoms with Crippen LogP contribution in [0.1, 0.15) is 46.3 Å². The lowest BCUT2D eigenvalue weighted by atomic mass is 9.98. The molecule has 0 bridgehead atoms. The van der Waals surface area contributed by atoms with Crippen molar-refractivity contribution < 1.29 is 14.4 Å². The van der Waals surface area contributed by atoms with Crippen molar-refractivity contribution in [3.8, 4) is 0 Å². The zero-order chi connectivity index (χ0) is 20.8. The van der Waals surface area contributed by atoms with E-state index in [0.29, 0.717) is 25.1 Å². The number of aryl methyl sites for hydroxylation is 1. The van der Waals surface area contributed by atoms with Gasteiger partial charge in [-0.2, -0.15) is 0 Å². The number of nitrogens with two attached hydrogens (primary N) is 1. The number of piperidine rings is 1. The fourth-order valence-corrected chi connectivity index (χ4v) is 4.89. The number of amides is 3. The van der Waals surface area contributed by atoms with Crippen LogP contribution in [-0.4, -0.2) is 35.2 Å². The van der Waals surface area contributed by atoms with Gasteiger partial charge in [-0.3, -0.25) is 19.7 Å². The summed E-state index contributed by atoms with van der Waals surface area (Å²) in [7, 11) is 0. The van der Waals surface area contributed by atoms with Crippen molar-refractivity contribution in [3.05, 3.63) is 58.7 Å². The van der Waals surface area contributed by atoms with E-state index in [-0.39, 0.29) is 24.1 Å². The van der Waals surface area contributed by atoms with Gasteiger partial charge in [-0.25, -0.2) is 0 Å². The molecule has 2 aromatic carbocycles. The summed E-state index contributed by atoms with van der Waals surface area (Å²) in [6, 6.07) is 11.3. The maximum Gasteiger partial charge on any atom is 0.255 e. The Morgan fingerprint density at radius 1 is 1.07 bits per heavy atom. The SMILES string of the molecule is Nc1ccc2c(c1)CCCN2Cc1cccc2c1C(=O)N(C1CCC(=O)NC1=O)C2. The summed E-state index contributed by atoms with van der Waals surface area (Å²) in [6.45, 7) is 1.96. The van der Waals surface area contributed by atoms with Crippen LogP contribution in [-0.2, 0) is 29.1 Å². The summed E-state index contributed by atoms with van der Waals surface area (Å²) in [5, 5.41) is 2.36. The largest absolute Gasteiger partial charge is 0.399 e. The van der Waals surface area contributed by atoms with E-state index in [1.54, 1.807) is 4.90 Å². The number of carbonyl (C=O) groups excluding carboxylic acids is 3. The zero-order valence-electron chi connectivity index (χ0n) is 16.7. The van der Waals surface area contributed by atoms with Crippen molar-refractivity contribution in [2.75, 3.05) is 17.2 Å². The van der Waals surface area contributed by atoms with Gasteiger partial charge in [-0.15, -0.1) is 0 Å². The molecular weight excluding hydrogens is 380 g/mol. The van der Waals surface area contributed by atoms with Crippen LogP contribution >= 0.6 is 0 Å². The van der Waals surface area contributed by atoms with Crippen molar-refractivity contribution in [2.45, 2.75) is 44.8 Å². The number of benzene rings is 2. The van der Waals surface area contributed by atoms with Crippen molar-refractivity contribution in [2.24, 2.45) is 0 Å². The third-order valence-corrected chi connectivity index (χ3v) is 6.32. The van der Waals surface area contributed by atoms with Gasteiger partial charge in [-0.1, -0.05) is 18.2 Å². The van der Waals surface area contributed by atoms with E-state index in [1.165, 1.54) is 11.3 Å². The number of hydrogen-bond acceptors (Lipinski definition) is 5. The number of anilines is 2. The lowest BCUT2D eigenvalue weighted by molar-refractivity contribution is -0.136. The Labute approximate surface area is 174 Å². The van der Waals surface area contributed by atoms with Crippen molar-refractivity contribution >= 4 is 29.1 Å². The predicted octanol–water partition coefficient (Wildman–Crippen LogP) is 1.98. The van der Waals surface area contributed by atoms with E-state index in [4.69, 9.17) is 5.73 Å². The second-order valence-corrected chi connectivity index (χ2v) is 8.26. The van der Waals surface area contributed by atoms with Gasteiger partial charge >= 0.3 is 0 Å². The maximum atomic E-state index is 13.3. The van der Waals surface area contributed by atoms with Gasteiger partial charge in [0.15, 0.2) is 0 Å². The second-order valence-electron chi connectivity index (χ2n) is 8.26. The van der Waals surface area contributed by atoms with Crippen molar-refractivity contribution in [1.29, 1.82) is 0 Å². The molecule has 1 atom stereocenters. The number of nitrogens with zero attached hydrogens (tertiary/aromatic N) is 2. The molecule has 0 aliphatic carbocycles. The van der Waals surface area contributed by atoms with Gasteiger partial charge in [0, 0.05) is 43.0 Å². The lowest BCUT2D eigenvalue weighted by Gasteiger charge is -2.32. The number of carbonyl (C=O) groups is 3. The zero-order valence-corrected chi connectivity index (χ0v) is 16.7. The Kier molecular flexibility index (Phi) is 4.46. The normalized spacial score (nSPS) is 20.8. The smallest absolute Gasteiger partial charge is 0.255 e. The molecule has 0 radical (unpaired) electrons. The molecule has 7 nitrogen and oxygen atoms in total. The molecule has 1 saturated heterocycles. The molecule has 30 heavy (non-hydrogen) atoms. The van der Waals surface area contributed by atoms with Gasteiger partial charge in [0.1, 0.15) is 6.04 Å². The monoisotopic (exact) mass is 404 g/mol. The first-order valence-electron chi connectivity index (χ1n) is 10.4. The summed E-state index contributed by atoms with van der Waals surface area (Å²) in [4.78, 5) is 41.0. The number of nitrogens with one attached hydrogen (secondary N) is 1. The molecule has 3 aliphatic rings. The van der Waals surface area contributed by atoms with Crippen LogP contribution in [0.2, 0.25) is 0 Å². The molecule has 154 valence electrons. The van der Waals surface area contributed by atoms with Crippen LogP contribution in [0, 0.1) is 0 Å². The molecule has 2 aromatic rings. The van der Waals surface area contributed by atoms with E-state index in [1.807, 2.05) is 30.3 Å². The Morgan fingerprint density at radius 3 is 2.77 bits per heavy atom. The standard InChI is InChI=1S/C23H24N4O3/c24-17-6-7-18-14(11-17)5-2-10-26(18)12-15-3-1-4-16-13-27(23(30)21(15)16)19-8-9-20(28)25-22(19)29/h1,3-4,6-7,11,19H,2,5,8-10,12-13,24H2,(H,25,28,29). The molecule has 0 saturated carbocycles. The van der Waals surface area contributed by atoms with Crippen molar-refractivity contribution in [3.63, 3.8) is 0 Å². The third kappa shape index (κ3) is 3.10. The summed E-state index contributed by atoms with van der Waals surface area (Å²) < 4.78 is 0. The molecule has 1 fully saturated rings. The molecule has 3 amide bonds. The number of hydrogen-bond donors (Lipinski definition) is 2. The number of rotatable bonds is 3. The summed E-state index contributed by atoms with van der Waals surface area (Å²) in [6.07, 6.45) is 2.69. The number of fused-ring (bicyclic) bond motifs is 2. The van der Waals surface area contributed by atoms with Crippen LogP contribution in [0.5, 0.6) is 0 Å². The fourth-order valence-electron chi connectivity index (χ4n) is 4.89. The topological polar surface area (TPSA) is 95.7 Å².